The van der Waals surface area contributed by atoms with Gasteiger partial charge in [-0.3, -0.25) is 0 Å². The van der Waals surface area contributed by atoms with E-state index in [1.54, 1.807) is 7.11 Å². The van der Waals surface area contributed by atoms with Gasteiger partial charge in [0.15, 0.2) is 0 Å². The maximum atomic E-state index is 4.95. The summed E-state index contributed by atoms with van der Waals surface area (Å²) in [5, 5.41) is 0. The van der Waals surface area contributed by atoms with Crippen molar-refractivity contribution in [3.63, 3.8) is 0 Å². The van der Waals surface area contributed by atoms with Crippen molar-refractivity contribution in [2.75, 3.05) is 13.7 Å². The Balaban J connectivity index is 0.00000121. The van der Waals surface area contributed by atoms with Crippen LogP contribution in [0, 0.1) is 0 Å². The molecule has 0 radical (unpaired) electrons. The molecule has 12 heavy (non-hydrogen) atoms. The van der Waals surface area contributed by atoms with Crippen molar-refractivity contribution in [1.82, 2.24) is 4.57 Å². The predicted octanol–water partition coefficient (Wildman–Crippen LogP) is -2.65. The predicted molar refractivity (Wildman–Crippen MR) is 42.1 cm³/mol. The van der Waals surface area contributed by atoms with E-state index in [4.69, 9.17) is 4.74 Å². The van der Waals surface area contributed by atoms with Crippen molar-refractivity contribution in [3.05, 3.63) is 18.7 Å². The maximum Gasteiger partial charge on any atom is 0.243 e. The first kappa shape index (κ1) is 11.6. The molecule has 0 N–H and O–H groups in total. The number of methoxy groups -OCH3 is 1. The second-order valence-electron chi connectivity index (χ2n) is 2.66. The molecule has 0 unspecified atom stereocenters. The number of halogens is 1. The Morgan fingerprint density at radius 1 is 1.50 bits per heavy atom. The largest absolute Gasteiger partial charge is 1.00 e. The minimum absolute atomic E-state index is 0. The molecule has 1 aromatic rings. The average Bonchev–Trinajstić information content (AvgIpc) is 2.37. The van der Waals surface area contributed by atoms with E-state index >= 15 is 0 Å². The van der Waals surface area contributed by atoms with E-state index in [9.17, 15) is 0 Å². The summed E-state index contributed by atoms with van der Waals surface area (Å²) < 4.78 is 9.14. The monoisotopic (exact) mass is 234 g/mol. The first-order valence-corrected chi connectivity index (χ1v) is 3.83. The lowest BCUT2D eigenvalue weighted by atomic mass is 10.4. The highest BCUT2D eigenvalue weighted by molar-refractivity contribution is 4.65. The normalized spacial score (nSPS) is 9.50. The molecule has 0 spiro atoms. The number of hydrogen-bond acceptors (Lipinski definition) is 1. The van der Waals surface area contributed by atoms with Gasteiger partial charge in [0.1, 0.15) is 12.4 Å². The van der Waals surface area contributed by atoms with Gasteiger partial charge in [-0.15, -0.1) is 0 Å². The average molecular weight is 235 g/mol. The molecule has 0 bridgehead atoms. The smallest absolute Gasteiger partial charge is 0.243 e. The summed E-state index contributed by atoms with van der Waals surface area (Å²) in [6.45, 7) is 1.87. The standard InChI is InChI=1S/C8H15N2O.BrH/c1-9-5-6-10(8-9)4-3-7-11-2;/h5-6,8H,3-4,7H2,1-2H3;1H/q+1;/p-1. The van der Waals surface area contributed by atoms with Crippen LogP contribution in [0.25, 0.3) is 0 Å². The van der Waals surface area contributed by atoms with E-state index in [1.807, 2.05) is 17.8 Å². The van der Waals surface area contributed by atoms with Crippen LogP contribution in [0.2, 0.25) is 0 Å². The molecule has 1 rings (SSSR count). The second-order valence-corrected chi connectivity index (χ2v) is 2.66. The minimum Gasteiger partial charge on any atom is -1.00 e. The third-order valence-corrected chi connectivity index (χ3v) is 1.59. The van der Waals surface area contributed by atoms with Gasteiger partial charge in [0.2, 0.25) is 6.33 Å². The van der Waals surface area contributed by atoms with Crippen LogP contribution >= 0.6 is 0 Å². The van der Waals surface area contributed by atoms with Crippen LogP contribution in [-0.2, 0) is 18.3 Å². The maximum absolute atomic E-state index is 4.95. The number of hydrogen-bond donors (Lipinski definition) is 0. The Labute approximate surface area is 83.7 Å². The van der Waals surface area contributed by atoms with E-state index in [-0.39, 0.29) is 17.0 Å². The zero-order chi connectivity index (χ0) is 8.10. The second kappa shape index (κ2) is 6.20. The quantitative estimate of drug-likeness (QED) is 0.412. The van der Waals surface area contributed by atoms with E-state index in [0.717, 1.165) is 19.6 Å². The fourth-order valence-corrected chi connectivity index (χ4v) is 1.03. The van der Waals surface area contributed by atoms with Crippen LogP contribution in [0.4, 0.5) is 0 Å². The summed E-state index contributed by atoms with van der Waals surface area (Å²) in [4.78, 5) is 0. The fourth-order valence-electron chi connectivity index (χ4n) is 1.03. The fraction of sp³-hybridized carbons (Fsp3) is 0.625. The van der Waals surface area contributed by atoms with Gasteiger partial charge in [0, 0.05) is 20.1 Å². The molecule has 1 aromatic heterocycles. The molecule has 4 heteroatoms. The molecular formula is C8H15BrN2O. The molecule has 70 valence electrons. The third kappa shape index (κ3) is 3.88. The van der Waals surface area contributed by atoms with Crippen molar-refractivity contribution in [1.29, 1.82) is 0 Å². The Hall–Kier alpha value is -0.350. The number of aromatic nitrogens is 2. The summed E-state index contributed by atoms with van der Waals surface area (Å²) in [7, 11) is 3.75. The molecule has 0 saturated carbocycles. The summed E-state index contributed by atoms with van der Waals surface area (Å²) in [6, 6.07) is 0. The van der Waals surface area contributed by atoms with Gasteiger partial charge in [-0.1, -0.05) is 0 Å². The van der Waals surface area contributed by atoms with Crippen molar-refractivity contribution in [3.8, 4) is 0 Å². The first-order valence-electron chi connectivity index (χ1n) is 3.83. The third-order valence-electron chi connectivity index (χ3n) is 1.59. The molecule has 0 aliphatic heterocycles. The van der Waals surface area contributed by atoms with Crippen molar-refractivity contribution >= 4 is 0 Å². The Bertz CT molecular complexity index is 213. The van der Waals surface area contributed by atoms with Gasteiger partial charge < -0.3 is 21.7 Å². The van der Waals surface area contributed by atoms with Crippen molar-refractivity contribution in [2.45, 2.75) is 13.0 Å². The van der Waals surface area contributed by atoms with Crippen LogP contribution in [0.5, 0.6) is 0 Å². The lowest BCUT2D eigenvalue weighted by Gasteiger charge is -1.94. The first-order chi connectivity index (χ1) is 5.33. The number of aryl methyl sites for hydroxylation is 2. The summed E-state index contributed by atoms with van der Waals surface area (Å²) in [5.74, 6) is 0. The van der Waals surface area contributed by atoms with Gasteiger partial charge in [0.05, 0.1) is 13.6 Å². The van der Waals surface area contributed by atoms with E-state index in [0.29, 0.717) is 0 Å². The molecular weight excluding hydrogens is 220 g/mol. The molecule has 0 fully saturated rings. The summed E-state index contributed by atoms with van der Waals surface area (Å²) >= 11 is 0. The van der Waals surface area contributed by atoms with Crippen LogP contribution in [-0.4, -0.2) is 18.3 Å². The van der Waals surface area contributed by atoms with Crippen molar-refractivity contribution in [2.24, 2.45) is 7.05 Å². The summed E-state index contributed by atoms with van der Waals surface area (Å²) in [6.07, 6.45) is 7.24. The molecule has 0 aliphatic carbocycles. The molecule has 1 heterocycles. The lowest BCUT2D eigenvalue weighted by molar-refractivity contribution is -0.671. The van der Waals surface area contributed by atoms with Gasteiger partial charge in [-0.25, -0.2) is 9.13 Å². The highest BCUT2D eigenvalue weighted by Gasteiger charge is 1.97. The Morgan fingerprint density at radius 3 is 2.75 bits per heavy atom. The van der Waals surface area contributed by atoms with Crippen LogP contribution in [0.3, 0.4) is 0 Å². The van der Waals surface area contributed by atoms with Gasteiger partial charge >= 0.3 is 0 Å². The molecule has 0 atom stereocenters. The SMILES string of the molecule is COCCCn1cc[n+](C)c1.[Br-]. The van der Waals surface area contributed by atoms with Gasteiger partial charge in [-0.2, -0.15) is 0 Å². The topological polar surface area (TPSA) is 18.0 Å². The Kier molecular flexibility index (Phi) is 6.02. The number of ether oxygens (including phenoxy) is 1. The van der Waals surface area contributed by atoms with Crippen LogP contribution < -0.4 is 21.5 Å². The number of imidazole rings is 1. The molecule has 0 saturated heterocycles. The number of rotatable bonds is 4. The highest BCUT2D eigenvalue weighted by Crippen LogP contribution is 1.88. The lowest BCUT2D eigenvalue weighted by Crippen LogP contribution is -3.00. The van der Waals surface area contributed by atoms with E-state index in [2.05, 4.69) is 17.1 Å². The van der Waals surface area contributed by atoms with Crippen LogP contribution in [0.15, 0.2) is 18.7 Å². The van der Waals surface area contributed by atoms with E-state index in [1.165, 1.54) is 0 Å². The highest BCUT2D eigenvalue weighted by atomic mass is 79.9. The Morgan fingerprint density at radius 2 is 2.25 bits per heavy atom. The molecule has 3 nitrogen and oxygen atoms in total. The van der Waals surface area contributed by atoms with Gasteiger partial charge in [0.25, 0.3) is 0 Å². The summed E-state index contributed by atoms with van der Waals surface area (Å²) in [5.41, 5.74) is 0. The van der Waals surface area contributed by atoms with Crippen molar-refractivity contribution < 1.29 is 26.3 Å². The molecule has 0 aliphatic rings. The molecule has 0 aromatic carbocycles. The zero-order valence-electron chi connectivity index (χ0n) is 7.53. The zero-order valence-corrected chi connectivity index (χ0v) is 9.12. The number of nitrogens with zero attached hydrogens (tertiary/aromatic N) is 2. The van der Waals surface area contributed by atoms with Crippen LogP contribution in [0.1, 0.15) is 6.42 Å². The molecule has 0 amide bonds. The van der Waals surface area contributed by atoms with E-state index < -0.39 is 0 Å². The van der Waals surface area contributed by atoms with Gasteiger partial charge in [-0.05, 0) is 0 Å². The minimum atomic E-state index is 0.